The van der Waals surface area contributed by atoms with Gasteiger partial charge in [0.15, 0.2) is 0 Å². The van der Waals surface area contributed by atoms with Crippen LogP contribution in [-0.2, 0) is 4.79 Å². The van der Waals surface area contributed by atoms with Gasteiger partial charge in [-0.3, -0.25) is 9.69 Å². The fraction of sp³-hybridized carbons (Fsp3) is 0. The first-order valence-corrected chi connectivity index (χ1v) is 7.08. The van der Waals surface area contributed by atoms with Gasteiger partial charge in [-0.2, -0.15) is 0 Å². The van der Waals surface area contributed by atoms with Gasteiger partial charge in [-0.05, 0) is 48.5 Å². The number of hydrogen-bond donors (Lipinski definition) is 1. The van der Waals surface area contributed by atoms with Crippen molar-refractivity contribution in [2.24, 2.45) is 0 Å². The molecule has 3 nitrogen and oxygen atoms in total. The summed E-state index contributed by atoms with van der Waals surface area (Å²) in [6.07, 6.45) is 0.828. The molecule has 0 aliphatic carbocycles. The van der Waals surface area contributed by atoms with Gasteiger partial charge in [-0.1, -0.05) is 36.4 Å². The van der Waals surface area contributed by atoms with Crippen LogP contribution in [0.2, 0.25) is 0 Å². The summed E-state index contributed by atoms with van der Waals surface area (Å²) in [5.74, 6) is 0. The van der Waals surface area contributed by atoms with Crippen molar-refractivity contribution in [1.29, 1.82) is 0 Å². The Balaban J connectivity index is 1.80. The van der Waals surface area contributed by atoms with Crippen molar-refractivity contribution < 1.29 is 4.79 Å². The number of nitrogens with zero attached hydrogens (tertiary/aromatic N) is 1. The average Bonchev–Trinajstić information content (AvgIpc) is 2.59. The maximum Gasteiger partial charge on any atom is 0.218 e. The number of carbonyl (C=O) groups is 1. The Labute approximate surface area is 129 Å². The van der Waals surface area contributed by atoms with Crippen LogP contribution in [0.3, 0.4) is 0 Å². The van der Waals surface area contributed by atoms with Crippen molar-refractivity contribution in [3.05, 3.63) is 84.9 Å². The Morgan fingerprint density at radius 3 is 1.73 bits per heavy atom. The van der Waals surface area contributed by atoms with Gasteiger partial charge in [0.1, 0.15) is 0 Å². The minimum absolute atomic E-state index is 0.828. The van der Waals surface area contributed by atoms with Gasteiger partial charge >= 0.3 is 0 Å². The Morgan fingerprint density at radius 2 is 1.14 bits per heavy atom. The highest BCUT2D eigenvalue weighted by atomic mass is 16.1. The lowest BCUT2D eigenvalue weighted by molar-refractivity contribution is -0.106. The van der Waals surface area contributed by atoms with Crippen LogP contribution in [0.25, 0.3) is 0 Å². The zero-order valence-electron chi connectivity index (χ0n) is 12.0. The van der Waals surface area contributed by atoms with E-state index in [-0.39, 0.29) is 0 Å². The largest absolute Gasteiger partial charge is 0.356 e. The second-order valence-corrected chi connectivity index (χ2v) is 4.85. The molecule has 0 aliphatic rings. The molecule has 3 heteroatoms. The number of para-hydroxylation sites is 2. The van der Waals surface area contributed by atoms with Crippen molar-refractivity contribution in [1.82, 2.24) is 0 Å². The molecule has 0 saturated carbocycles. The maximum atomic E-state index is 11.4. The fourth-order valence-corrected chi connectivity index (χ4v) is 2.25. The number of hydrogen-bond acceptors (Lipinski definition) is 2. The lowest BCUT2D eigenvalue weighted by Gasteiger charge is -2.18. The van der Waals surface area contributed by atoms with Gasteiger partial charge in [0, 0.05) is 22.7 Å². The molecule has 22 heavy (non-hydrogen) atoms. The monoisotopic (exact) mass is 288 g/mol. The summed E-state index contributed by atoms with van der Waals surface area (Å²) in [6.45, 7) is 0. The lowest BCUT2D eigenvalue weighted by Crippen LogP contribution is -2.13. The Hall–Kier alpha value is -3.07. The van der Waals surface area contributed by atoms with Crippen LogP contribution in [0, 0.1) is 0 Å². The molecule has 0 spiro atoms. The predicted molar refractivity (Wildman–Crippen MR) is 90.8 cm³/mol. The Morgan fingerprint density at radius 1 is 0.636 bits per heavy atom. The van der Waals surface area contributed by atoms with E-state index in [1.54, 1.807) is 4.90 Å². The van der Waals surface area contributed by atoms with Crippen LogP contribution < -0.4 is 10.2 Å². The van der Waals surface area contributed by atoms with Crippen molar-refractivity contribution in [3.63, 3.8) is 0 Å². The van der Waals surface area contributed by atoms with Crippen LogP contribution in [0.15, 0.2) is 84.9 Å². The van der Waals surface area contributed by atoms with E-state index >= 15 is 0 Å². The molecule has 0 aliphatic heterocycles. The molecule has 3 aromatic carbocycles. The first-order valence-electron chi connectivity index (χ1n) is 7.08. The van der Waals surface area contributed by atoms with Crippen molar-refractivity contribution in [2.45, 2.75) is 0 Å². The van der Waals surface area contributed by atoms with Gasteiger partial charge in [0.05, 0.1) is 0 Å². The van der Waals surface area contributed by atoms with Crippen LogP contribution in [0.1, 0.15) is 0 Å². The molecule has 0 unspecified atom stereocenters. The minimum Gasteiger partial charge on any atom is -0.356 e. The van der Waals surface area contributed by atoms with Crippen molar-refractivity contribution in [2.75, 3.05) is 10.2 Å². The standard InChI is InChI=1S/C19H16N2O/c22-15-21(18-9-5-2-6-10-18)19-13-11-17(12-14-19)20-16-7-3-1-4-8-16/h1-15,20H. The maximum absolute atomic E-state index is 11.4. The molecule has 1 N–H and O–H groups in total. The summed E-state index contributed by atoms with van der Waals surface area (Å²) in [6, 6.07) is 27.3. The summed E-state index contributed by atoms with van der Waals surface area (Å²) in [7, 11) is 0. The molecule has 0 radical (unpaired) electrons. The van der Waals surface area contributed by atoms with Gasteiger partial charge < -0.3 is 5.32 Å². The summed E-state index contributed by atoms with van der Waals surface area (Å²) in [5.41, 5.74) is 3.69. The quantitative estimate of drug-likeness (QED) is 0.689. The molecular formula is C19H16N2O. The molecule has 0 aromatic heterocycles. The van der Waals surface area contributed by atoms with Gasteiger partial charge in [-0.25, -0.2) is 0 Å². The van der Waals surface area contributed by atoms with Gasteiger partial charge in [0.25, 0.3) is 0 Å². The molecule has 1 amide bonds. The molecule has 3 aromatic rings. The van der Waals surface area contributed by atoms with Crippen molar-refractivity contribution >= 4 is 29.2 Å². The normalized spacial score (nSPS) is 10.0. The van der Waals surface area contributed by atoms with E-state index in [1.165, 1.54) is 0 Å². The third-order valence-electron chi connectivity index (χ3n) is 3.35. The van der Waals surface area contributed by atoms with Crippen LogP contribution in [0.4, 0.5) is 22.7 Å². The van der Waals surface area contributed by atoms with E-state index in [9.17, 15) is 4.79 Å². The second kappa shape index (κ2) is 6.59. The Kier molecular flexibility index (Phi) is 4.16. The van der Waals surface area contributed by atoms with Crippen LogP contribution in [0.5, 0.6) is 0 Å². The highest BCUT2D eigenvalue weighted by Gasteiger charge is 2.07. The van der Waals surface area contributed by atoms with E-state index in [0.29, 0.717) is 0 Å². The number of anilines is 4. The summed E-state index contributed by atoms with van der Waals surface area (Å²) in [4.78, 5) is 13.0. The summed E-state index contributed by atoms with van der Waals surface area (Å²) >= 11 is 0. The second-order valence-electron chi connectivity index (χ2n) is 4.85. The number of amides is 1. The lowest BCUT2D eigenvalue weighted by atomic mass is 10.2. The van der Waals surface area contributed by atoms with E-state index in [1.807, 2.05) is 84.9 Å². The minimum atomic E-state index is 0.828. The smallest absolute Gasteiger partial charge is 0.218 e. The predicted octanol–water partition coefficient (Wildman–Crippen LogP) is 4.72. The molecule has 0 fully saturated rings. The van der Waals surface area contributed by atoms with E-state index in [0.717, 1.165) is 29.2 Å². The zero-order chi connectivity index (χ0) is 15.2. The summed E-state index contributed by atoms with van der Waals surface area (Å²) in [5, 5.41) is 3.32. The number of rotatable bonds is 5. The molecular weight excluding hydrogens is 272 g/mol. The van der Waals surface area contributed by atoms with Gasteiger partial charge in [0.2, 0.25) is 6.41 Å². The highest BCUT2D eigenvalue weighted by Crippen LogP contribution is 2.25. The van der Waals surface area contributed by atoms with Crippen LogP contribution in [-0.4, -0.2) is 6.41 Å². The first kappa shape index (κ1) is 13.9. The first-order chi connectivity index (χ1) is 10.9. The molecule has 0 bridgehead atoms. The SMILES string of the molecule is O=CN(c1ccccc1)c1ccc(Nc2ccccc2)cc1. The van der Waals surface area contributed by atoms with Gasteiger partial charge in [-0.15, -0.1) is 0 Å². The van der Waals surface area contributed by atoms with Crippen LogP contribution >= 0.6 is 0 Å². The molecule has 0 saturated heterocycles. The third kappa shape index (κ3) is 3.15. The fourth-order valence-electron chi connectivity index (χ4n) is 2.25. The third-order valence-corrected chi connectivity index (χ3v) is 3.35. The molecule has 3 rings (SSSR count). The van der Waals surface area contributed by atoms with Crippen molar-refractivity contribution in [3.8, 4) is 0 Å². The molecule has 0 heterocycles. The number of nitrogens with one attached hydrogen (secondary N) is 1. The topological polar surface area (TPSA) is 32.3 Å². The summed E-state index contributed by atoms with van der Waals surface area (Å²) < 4.78 is 0. The highest BCUT2D eigenvalue weighted by molar-refractivity contribution is 5.86. The number of carbonyl (C=O) groups excluding carboxylic acids is 1. The Bertz CT molecular complexity index is 724. The van der Waals surface area contributed by atoms with E-state index in [2.05, 4.69) is 5.32 Å². The average molecular weight is 288 g/mol. The zero-order valence-corrected chi connectivity index (χ0v) is 12.0. The number of benzene rings is 3. The molecule has 0 atom stereocenters. The van der Waals surface area contributed by atoms with E-state index in [4.69, 9.17) is 0 Å². The van der Waals surface area contributed by atoms with E-state index < -0.39 is 0 Å². The molecule has 108 valence electrons.